The summed E-state index contributed by atoms with van der Waals surface area (Å²) in [5.41, 5.74) is 1.35. The maximum atomic E-state index is 5.31. The van der Waals surface area contributed by atoms with Crippen molar-refractivity contribution >= 4 is 0 Å². The second-order valence-corrected chi connectivity index (χ2v) is 6.11. The third-order valence-corrected chi connectivity index (χ3v) is 3.60. The van der Waals surface area contributed by atoms with Gasteiger partial charge in [-0.3, -0.25) is 0 Å². The van der Waals surface area contributed by atoms with Crippen LogP contribution in [0.3, 0.4) is 0 Å². The molecule has 0 aliphatic heterocycles. The van der Waals surface area contributed by atoms with Crippen molar-refractivity contribution in [2.75, 3.05) is 33.9 Å². The second-order valence-electron chi connectivity index (χ2n) is 6.11. The predicted molar refractivity (Wildman–Crippen MR) is 89.0 cm³/mol. The summed E-state index contributed by atoms with van der Waals surface area (Å²) in [7, 11) is 3.49. The first-order valence-electron chi connectivity index (χ1n) is 7.98. The number of nitrogens with one attached hydrogen (secondary N) is 1. The maximum absolute atomic E-state index is 5.31. The average Bonchev–Trinajstić information content (AvgIpc) is 2.47. The Bertz CT molecular complexity index is 379. The van der Waals surface area contributed by atoms with Gasteiger partial charge in [0.2, 0.25) is 0 Å². The van der Waals surface area contributed by atoms with Gasteiger partial charge in [-0.2, -0.15) is 0 Å². The highest BCUT2D eigenvalue weighted by Crippen LogP contribution is 2.18. The molecule has 0 saturated heterocycles. The summed E-state index contributed by atoms with van der Waals surface area (Å²) in [6, 6.07) is 8.41. The summed E-state index contributed by atoms with van der Waals surface area (Å²) in [5, 5.41) is 3.59. The Morgan fingerprint density at radius 2 is 1.95 bits per heavy atom. The fourth-order valence-electron chi connectivity index (χ4n) is 2.50. The Morgan fingerprint density at radius 1 is 1.14 bits per heavy atom. The molecular weight excluding hydrogens is 262 g/mol. The highest BCUT2D eigenvalue weighted by Gasteiger charge is 2.10. The molecule has 1 N–H and O–H groups in total. The monoisotopic (exact) mass is 293 g/mol. The summed E-state index contributed by atoms with van der Waals surface area (Å²) >= 11 is 0. The Balaban J connectivity index is 2.52. The molecule has 21 heavy (non-hydrogen) atoms. The number of hydrogen-bond donors (Lipinski definition) is 1. The van der Waals surface area contributed by atoms with Crippen molar-refractivity contribution in [2.45, 2.75) is 33.1 Å². The van der Waals surface area contributed by atoms with E-state index in [2.05, 4.69) is 37.4 Å². The lowest BCUT2D eigenvalue weighted by molar-refractivity contribution is 0.186. The number of benzene rings is 1. The van der Waals surface area contributed by atoms with Crippen molar-refractivity contribution in [3.8, 4) is 5.75 Å². The van der Waals surface area contributed by atoms with Gasteiger partial charge < -0.3 is 14.8 Å². The first kappa shape index (κ1) is 18.0. The van der Waals surface area contributed by atoms with E-state index in [1.165, 1.54) is 12.0 Å². The van der Waals surface area contributed by atoms with Crippen LogP contribution in [0.25, 0.3) is 0 Å². The SMILES string of the molecule is COCCCC(CNCC(C)C)Cc1cccc(OC)c1. The molecule has 1 rings (SSSR count). The van der Waals surface area contributed by atoms with E-state index in [9.17, 15) is 0 Å². The zero-order valence-corrected chi connectivity index (χ0v) is 14.0. The van der Waals surface area contributed by atoms with E-state index in [1.54, 1.807) is 14.2 Å². The van der Waals surface area contributed by atoms with Crippen LogP contribution in [0.2, 0.25) is 0 Å². The van der Waals surface area contributed by atoms with Crippen LogP contribution >= 0.6 is 0 Å². The molecule has 0 bridgehead atoms. The van der Waals surface area contributed by atoms with Gasteiger partial charge in [0, 0.05) is 13.7 Å². The van der Waals surface area contributed by atoms with Crippen LogP contribution in [0.15, 0.2) is 24.3 Å². The molecule has 3 heteroatoms. The van der Waals surface area contributed by atoms with Crippen molar-refractivity contribution in [3.63, 3.8) is 0 Å². The summed E-state index contributed by atoms with van der Waals surface area (Å²) in [6.45, 7) is 7.49. The minimum absolute atomic E-state index is 0.644. The first-order chi connectivity index (χ1) is 10.2. The third kappa shape index (κ3) is 8.08. The van der Waals surface area contributed by atoms with Crippen molar-refractivity contribution in [2.24, 2.45) is 11.8 Å². The molecule has 1 unspecified atom stereocenters. The van der Waals surface area contributed by atoms with Gasteiger partial charge in [0.25, 0.3) is 0 Å². The van der Waals surface area contributed by atoms with Crippen LogP contribution in [-0.2, 0) is 11.2 Å². The van der Waals surface area contributed by atoms with Gasteiger partial charge in [0.1, 0.15) is 5.75 Å². The molecular formula is C18H31NO2. The Hall–Kier alpha value is -1.06. The Kier molecular flexibility index (Phi) is 9.11. The quantitative estimate of drug-likeness (QED) is 0.633. The fourth-order valence-corrected chi connectivity index (χ4v) is 2.50. The maximum Gasteiger partial charge on any atom is 0.119 e. The van der Waals surface area contributed by atoms with Crippen LogP contribution in [0.1, 0.15) is 32.3 Å². The summed E-state index contributed by atoms with van der Waals surface area (Å²) in [5.74, 6) is 2.28. The molecule has 0 aliphatic carbocycles. The molecule has 1 aromatic carbocycles. The highest BCUT2D eigenvalue weighted by molar-refractivity contribution is 5.28. The normalized spacial score (nSPS) is 12.6. The molecule has 0 aliphatic rings. The lowest BCUT2D eigenvalue weighted by Crippen LogP contribution is -2.27. The first-order valence-corrected chi connectivity index (χ1v) is 7.98. The van der Waals surface area contributed by atoms with Crippen LogP contribution in [-0.4, -0.2) is 33.9 Å². The largest absolute Gasteiger partial charge is 0.497 e. The smallest absolute Gasteiger partial charge is 0.119 e. The second kappa shape index (κ2) is 10.6. The zero-order chi connectivity index (χ0) is 15.5. The third-order valence-electron chi connectivity index (χ3n) is 3.60. The van der Waals surface area contributed by atoms with E-state index in [1.807, 2.05) is 6.07 Å². The summed E-state index contributed by atoms with van der Waals surface area (Å²) in [6.07, 6.45) is 3.40. The fraction of sp³-hybridized carbons (Fsp3) is 0.667. The number of rotatable bonds is 11. The molecule has 0 radical (unpaired) electrons. The molecule has 1 atom stereocenters. The molecule has 0 amide bonds. The van der Waals surface area contributed by atoms with Gasteiger partial charge in [-0.15, -0.1) is 0 Å². The summed E-state index contributed by atoms with van der Waals surface area (Å²) < 4.78 is 10.5. The molecule has 120 valence electrons. The standard InChI is InChI=1S/C18H31NO2/c1-15(2)13-19-14-17(8-6-10-20-3)11-16-7-5-9-18(12-16)21-4/h5,7,9,12,15,17,19H,6,8,10-11,13-14H2,1-4H3. The van der Waals surface area contributed by atoms with Crippen molar-refractivity contribution in [3.05, 3.63) is 29.8 Å². The van der Waals surface area contributed by atoms with E-state index < -0.39 is 0 Å². The highest BCUT2D eigenvalue weighted by atomic mass is 16.5. The van der Waals surface area contributed by atoms with Crippen molar-refractivity contribution < 1.29 is 9.47 Å². The zero-order valence-electron chi connectivity index (χ0n) is 14.0. The van der Waals surface area contributed by atoms with Gasteiger partial charge in [-0.05, 0) is 61.9 Å². The number of hydrogen-bond acceptors (Lipinski definition) is 3. The topological polar surface area (TPSA) is 30.5 Å². The molecule has 1 aromatic rings. The van der Waals surface area contributed by atoms with E-state index in [0.29, 0.717) is 11.8 Å². The number of methoxy groups -OCH3 is 2. The van der Waals surface area contributed by atoms with Gasteiger partial charge in [0.05, 0.1) is 7.11 Å². The molecule has 3 nitrogen and oxygen atoms in total. The Labute approximate surface area is 130 Å². The van der Waals surface area contributed by atoms with Gasteiger partial charge >= 0.3 is 0 Å². The predicted octanol–water partition coefficient (Wildman–Crippen LogP) is 3.53. The molecule has 0 spiro atoms. The van der Waals surface area contributed by atoms with Crippen molar-refractivity contribution in [1.29, 1.82) is 0 Å². The van der Waals surface area contributed by atoms with Gasteiger partial charge in [-0.1, -0.05) is 26.0 Å². The average molecular weight is 293 g/mol. The molecule has 0 aromatic heterocycles. The van der Waals surface area contributed by atoms with E-state index >= 15 is 0 Å². The van der Waals surface area contributed by atoms with Gasteiger partial charge in [0.15, 0.2) is 0 Å². The molecule has 0 fully saturated rings. The van der Waals surface area contributed by atoms with Crippen LogP contribution in [0, 0.1) is 11.8 Å². The van der Waals surface area contributed by atoms with Gasteiger partial charge in [-0.25, -0.2) is 0 Å². The van der Waals surface area contributed by atoms with Crippen LogP contribution in [0.5, 0.6) is 5.75 Å². The molecule has 0 heterocycles. The minimum Gasteiger partial charge on any atom is -0.497 e. The van der Waals surface area contributed by atoms with Crippen molar-refractivity contribution in [1.82, 2.24) is 5.32 Å². The lowest BCUT2D eigenvalue weighted by atomic mass is 9.94. The molecule has 0 saturated carbocycles. The van der Waals surface area contributed by atoms with E-state index in [0.717, 1.165) is 38.3 Å². The van der Waals surface area contributed by atoms with Crippen LogP contribution in [0.4, 0.5) is 0 Å². The van der Waals surface area contributed by atoms with E-state index in [4.69, 9.17) is 9.47 Å². The minimum atomic E-state index is 0.644. The lowest BCUT2D eigenvalue weighted by Gasteiger charge is -2.19. The Morgan fingerprint density at radius 3 is 2.62 bits per heavy atom. The number of ether oxygens (including phenoxy) is 2. The summed E-state index contributed by atoms with van der Waals surface area (Å²) in [4.78, 5) is 0. The van der Waals surface area contributed by atoms with Crippen LogP contribution < -0.4 is 10.1 Å². The van der Waals surface area contributed by atoms with E-state index in [-0.39, 0.29) is 0 Å².